The van der Waals surface area contributed by atoms with E-state index in [-0.39, 0.29) is 26.1 Å². The van der Waals surface area contributed by atoms with Gasteiger partial charge in [-0.2, -0.15) is 9.97 Å². The fraction of sp³-hybridized carbons (Fsp3) is 0.133. The Morgan fingerprint density at radius 1 is 1.31 bits per heavy atom. The summed E-state index contributed by atoms with van der Waals surface area (Å²) in [6.45, 7) is 0. The van der Waals surface area contributed by atoms with Crippen molar-refractivity contribution in [3.63, 3.8) is 0 Å². The van der Waals surface area contributed by atoms with Gasteiger partial charge in [0, 0.05) is 29.8 Å². The third-order valence-electron chi connectivity index (χ3n) is 3.64. The van der Waals surface area contributed by atoms with Crippen LogP contribution < -0.4 is 5.56 Å². The molecule has 2 heterocycles. The normalized spacial score (nSPS) is 13.1. The van der Waals surface area contributed by atoms with Crippen LogP contribution in [0.25, 0.3) is 11.0 Å². The highest BCUT2D eigenvalue weighted by Crippen LogP contribution is 2.25. The summed E-state index contributed by atoms with van der Waals surface area (Å²) in [5, 5.41) is -0.0800. The molecular formula is C15H11ClFN3O4S2. The molecule has 136 valence electrons. The molecule has 3 rings (SSSR count). The Bertz CT molecular complexity index is 1200. The maximum atomic E-state index is 13.3. The molecule has 0 saturated heterocycles. The molecule has 0 fully saturated rings. The van der Waals surface area contributed by atoms with Gasteiger partial charge in [0.25, 0.3) is 5.56 Å². The summed E-state index contributed by atoms with van der Waals surface area (Å²) < 4.78 is 51.5. The van der Waals surface area contributed by atoms with Crippen LogP contribution in [0, 0.1) is 5.82 Å². The monoisotopic (exact) mass is 415 g/mol. The fourth-order valence-corrected chi connectivity index (χ4v) is 4.39. The third kappa shape index (κ3) is 3.09. The Kier molecular flexibility index (Phi) is 4.78. The number of sulfone groups is 1. The van der Waals surface area contributed by atoms with Gasteiger partial charge in [-0.05, 0) is 24.3 Å². The number of halogens is 2. The molecule has 11 heteroatoms. The number of aryl methyl sites for hydroxylation is 1. The molecule has 0 amide bonds. The first kappa shape index (κ1) is 18.8. The van der Waals surface area contributed by atoms with Crippen LogP contribution in [0.3, 0.4) is 0 Å². The van der Waals surface area contributed by atoms with E-state index in [1.165, 1.54) is 19.5 Å². The first-order chi connectivity index (χ1) is 12.1. The zero-order valence-corrected chi connectivity index (χ0v) is 15.8. The van der Waals surface area contributed by atoms with Gasteiger partial charge >= 0.3 is 5.16 Å². The van der Waals surface area contributed by atoms with Crippen LogP contribution in [0.2, 0.25) is 5.02 Å². The predicted octanol–water partition coefficient (Wildman–Crippen LogP) is 1.69. The van der Waals surface area contributed by atoms with Crippen molar-refractivity contribution in [1.29, 1.82) is 0 Å². The predicted molar refractivity (Wildman–Crippen MR) is 94.0 cm³/mol. The molecule has 1 atom stereocenters. The minimum Gasteiger partial charge on any atom is -0.609 e. The van der Waals surface area contributed by atoms with Crippen molar-refractivity contribution in [2.24, 2.45) is 7.05 Å². The minimum atomic E-state index is -4.25. The molecule has 1 aromatic carbocycles. The van der Waals surface area contributed by atoms with E-state index in [1.54, 1.807) is 0 Å². The molecule has 0 saturated carbocycles. The summed E-state index contributed by atoms with van der Waals surface area (Å²) in [5.41, 5.74) is -0.684. The van der Waals surface area contributed by atoms with Crippen LogP contribution in [0.5, 0.6) is 0 Å². The molecular weight excluding hydrogens is 405 g/mol. The Balaban J connectivity index is 2.28. The summed E-state index contributed by atoms with van der Waals surface area (Å²) in [4.78, 5) is 19.7. The van der Waals surface area contributed by atoms with Gasteiger partial charge in [-0.3, -0.25) is 9.36 Å². The standard InChI is InChI=1S/C15H11ClFN3O4S2/c1-20-13-8(7-18-15(19-13)25(2)22)5-12(14(20)21)26(23,24)9-3-4-11(17)10(16)6-9/h3-7H,1-2H3. The lowest BCUT2D eigenvalue weighted by molar-refractivity contribution is 0.589. The van der Waals surface area contributed by atoms with E-state index in [1.807, 2.05) is 0 Å². The van der Waals surface area contributed by atoms with Crippen molar-refractivity contribution in [2.45, 2.75) is 14.9 Å². The smallest absolute Gasteiger partial charge is 0.344 e. The van der Waals surface area contributed by atoms with Crippen molar-refractivity contribution in [2.75, 3.05) is 6.26 Å². The lowest BCUT2D eigenvalue weighted by Crippen LogP contribution is -2.25. The maximum absolute atomic E-state index is 13.3. The molecule has 26 heavy (non-hydrogen) atoms. The van der Waals surface area contributed by atoms with Crippen molar-refractivity contribution in [3.8, 4) is 0 Å². The van der Waals surface area contributed by atoms with Crippen LogP contribution in [0.1, 0.15) is 0 Å². The maximum Gasteiger partial charge on any atom is 0.344 e. The van der Waals surface area contributed by atoms with Gasteiger partial charge in [0.15, 0.2) is 5.65 Å². The second-order valence-corrected chi connectivity index (χ2v) is 8.94. The summed E-state index contributed by atoms with van der Waals surface area (Å²) >= 11 is 4.19. The molecule has 0 spiro atoms. The van der Waals surface area contributed by atoms with E-state index in [2.05, 4.69) is 9.97 Å². The number of rotatable bonds is 3. The van der Waals surface area contributed by atoms with Gasteiger partial charge < -0.3 is 4.55 Å². The van der Waals surface area contributed by atoms with E-state index >= 15 is 0 Å². The molecule has 0 bridgehead atoms. The van der Waals surface area contributed by atoms with E-state index in [0.29, 0.717) is 0 Å². The second-order valence-electron chi connectivity index (χ2n) is 5.34. The molecule has 0 N–H and O–H groups in total. The van der Waals surface area contributed by atoms with Gasteiger partial charge in [0.1, 0.15) is 17.0 Å². The fourth-order valence-electron chi connectivity index (χ4n) is 2.30. The van der Waals surface area contributed by atoms with Crippen molar-refractivity contribution in [1.82, 2.24) is 14.5 Å². The Labute approximate surface area is 155 Å². The molecule has 3 aromatic rings. The number of hydrogen-bond donors (Lipinski definition) is 0. The van der Waals surface area contributed by atoms with Crippen LogP contribution in [0.4, 0.5) is 4.39 Å². The summed E-state index contributed by atoms with van der Waals surface area (Å²) in [6, 6.07) is 4.01. The van der Waals surface area contributed by atoms with Crippen LogP contribution in [0.15, 0.2) is 50.2 Å². The van der Waals surface area contributed by atoms with Crippen LogP contribution in [-0.2, 0) is 28.1 Å². The third-order valence-corrected chi connectivity index (χ3v) is 6.39. The lowest BCUT2D eigenvalue weighted by atomic mass is 10.3. The summed E-state index contributed by atoms with van der Waals surface area (Å²) in [6.07, 6.45) is 2.67. The first-order valence-electron chi connectivity index (χ1n) is 7.03. The van der Waals surface area contributed by atoms with Gasteiger partial charge in [0.2, 0.25) is 9.84 Å². The topological polar surface area (TPSA) is 105 Å². The Hall–Kier alpha value is -2.01. The quantitative estimate of drug-likeness (QED) is 0.366. The highest BCUT2D eigenvalue weighted by atomic mass is 35.5. The average molecular weight is 416 g/mol. The van der Waals surface area contributed by atoms with E-state index < -0.39 is 37.3 Å². The molecule has 0 radical (unpaired) electrons. The number of fused-ring (bicyclic) bond motifs is 1. The molecule has 2 aromatic heterocycles. The van der Waals surface area contributed by atoms with Gasteiger partial charge in [0.05, 0.1) is 9.92 Å². The van der Waals surface area contributed by atoms with Gasteiger partial charge in [-0.15, -0.1) is 0 Å². The van der Waals surface area contributed by atoms with Crippen molar-refractivity contribution in [3.05, 3.63) is 51.7 Å². The highest BCUT2D eigenvalue weighted by molar-refractivity contribution is 7.91. The largest absolute Gasteiger partial charge is 0.609 e. The number of nitrogens with zero attached hydrogens (tertiary/aromatic N) is 3. The average Bonchev–Trinajstić information content (AvgIpc) is 2.59. The molecule has 7 nitrogen and oxygen atoms in total. The molecule has 1 unspecified atom stereocenters. The minimum absolute atomic E-state index is 0.0217. The number of benzene rings is 1. The highest BCUT2D eigenvalue weighted by Gasteiger charge is 2.25. The zero-order chi connectivity index (χ0) is 19.2. The molecule has 0 aliphatic carbocycles. The number of pyridine rings is 1. The van der Waals surface area contributed by atoms with Crippen molar-refractivity contribution < 1.29 is 17.4 Å². The summed E-state index contributed by atoms with van der Waals surface area (Å²) in [5.74, 6) is -0.773. The molecule has 0 aliphatic heterocycles. The van der Waals surface area contributed by atoms with Crippen LogP contribution >= 0.6 is 11.6 Å². The van der Waals surface area contributed by atoms with Crippen molar-refractivity contribution >= 4 is 43.6 Å². The van der Waals surface area contributed by atoms with Gasteiger partial charge in [-0.1, -0.05) is 11.6 Å². The van der Waals surface area contributed by atoms with Crippen LogP contribution in [-0.4, -0.2) is 33.8 Å². The SMILES string of the molecule is Cn1c(=O)c(S(=O)(=O)c2ccc(F)c(Cl)c2)cc2cnc([S+](C)[O-])nc21. The molecule has 0 aliphatic rings. The van der Waals surface area contributed by atoms with E-state index in [0.717, 1.165) is 28.8 Å². The van der Waals surface area contributed by atoms with E-state index in [9.17, 15) is 22.2 Å². The van der Waals surface area contributed by atoms with E-state index in [4.69, 9.17) is 11.6 Å². The number of hydrogen-bond acceptors (Lipinski definition) is 6. The zero-order valence-electron chi connectivity index (χ0n) is 13.4. The number of aromatic nitrogens is 3. The first-order valence-corrected chi connectivity index (χ1v) is 10.4. The lowest BCUT2D eigenvalue weighted by Gasteiger charge is -2.10. The summed E-state index contributed by atoms with van der Waals surface area (Å²) in [7, 11) is -2.91. The Morgan fingerprint density at radius 2 is 2.00 bits per heavy atom. The second kappa shape index (κ2) is 6.62. The van der Waals surface area contributed by atoms with Gasteiger partial charge in [-0.25, -0.2) is 12.8 Å². The Morgan fingerprint density at radius 3 is 2.62 bits per heavy atom.